The average molecular weight is 1110 g/mol. The highest BCUT2D eigenvalue weighted by atomic mass is 16.7. The Balaban J connectivity index is 0.931. The molecule has 0 saturated carbocycles. The van der Waals surface area contributed by atoms with Gasteiger partial charge in [-0.1, -0.05) is 19.1 Å². The number of carboxylic acids is 1. The highest BCUT2D eigenvalue weighted by Crippen LogP contribution is 2.43. The number of rotatable bonds is 30. The van der Waals surface area contributed by atoms with Gasteiger partial charge in [0, 0.05) is 32.5 Å². The van der Waals surface area contributed by atoms with Crippen LogP contribution in [0.4, 0.5) is 0 Å². The number of amides is 4. The van der Waals surface area contributed by atoms with Crippen LogP contribution in [0.3, 0.4) is 0 Å². The Morgan fingerprint density at radius 3 is 1.92 bits per heavy atom. The summed E-state index contributed by atoms with van der Waals surface area (Å²) in [4.78, 5) is 68.3. The molecule has 0 bridgehead atoms. The second kappa shape index (κ2) is 29.5. The van der Waals surface area contributed by atoms with E-state index < -0.39 is 110 Å². The van der Waals surface area contributed by atoms with Crippen molar-refractivity contribution >= 4 is 29.6 Å². The summed E-state index contributed by atoms with van der Waals surface area (Å²) in [6.45, 7) is 8.11. The second-order valence-corrected chi connectivity index (χ2v) is 20.0. The Labute approximate surface area is 445 Å². The molecule has 19 atom stereocenters. The van der Waals surface area contributed by atoms with E-state index in [0.717, 1.165) is 0 Å². The number of carboxylic acid groups (broad SMARTS) is 1. The van der Waals surface area contributed by atoms with Gasteiger partial charge in [0.2, 0.25) is 23.6 Å². The molecule has 1 aromatic heterocycles. The van der Waals surface area contributed by atoms with Gasteiger partial charge in [-0.15, -0.1) is 5.10 Å². The van der Waals surface area contributed by atoms with Gasteiger partial charge in [0.25, 0.3) is 0 Å². The van der Waals surface area contributed by atoms with Crippen LogP contribution in [0.2, 0.25) is 0 Å². The van der Waals surface area contributed by atoms with E-state index in [2.05, 4.69) is 15.6 Å². The lowest BCUT2D eigenvalue weighted by atomic mass is 9.88. The largest absolute Gasteiger partial charge is 0.479 e. The summed E-state index contributed by atoms with van der Waals surface area (Å²) >= 11 is 0. The predicted octanol–water partition coefficient (Wildman–Crippen LogP) is -4.57. The number of hydrogen-bond acceptors (Lipinski definition) is 24. The Bertz CT molecular complexity index is 2030. The fraction of sp³-hybridized carbons (Fsp3) is 0.854. The van der Waals surface area contributed by atoms with Gasteiger partial charge in [0.1, 0.15) is 48.4 Å². The lowest BCUT2D eigenvalue weighted by molar-refractivity contribution is -0.337. The minimum absolute atomic E-state index is 0.0541. The minimum atomic E-state index is -1.85. The molecular weight excluding hydrogens is 1020 g/mol. The number of aliphatic hydroxyl groups is 6. The molecule has 29 heteroatoms. The number of nitrogens with two attached hydrogens (primary N) is 2. The predicted molar refractivity (Wildman–Crippen MR) is 260 cm³/mol. The highest BCUT2D eigenvalue weighted by Gasteiger charge is 2.58. The Morgan fingerprint density at radius 2 is 1.30 bits per heavy atom. The van der Waals surface area contributed by atoms with Crippen LogP contribution in [0.5, 0.6) is 0 Å². The van der Waals surface area contributed by atoms with Crippen LogP contribution in [0.25, 0.3) is 0 Å². The SMILES string of the molecule is CC[C@@H]1O[C@H](CC)[C@@H]2C(=O)N(CCCCCN(Cc3cn(CCOCCO[C@@H]4OC(C(=O)O)[C@@H](O[C@H]5OC(C)[C@@H](O)[C@H](O)C5N)[C@H](O)C4O)nn3)C(=O)CCC(=O)NCCOCCO[C@H]3OC(C)[C@@H](O)[C@H](O)C3N)C(=O)[C@@H]21. The zero-order chi connectivity index (χ0) is 56.1. The molecule has 77 heavy (non-hydrogen) atoms. The quantitative estimate of drug-likeness (QED) is 0.0256. The maximum Gasteiger partial charge on any atom is 0.335 e. The van der Waals surface area contributed by atoms with Crippen molar-refractivity contribution in [1.29, 1.82) is 0 Å². The Morgan fingerprint density at radius 1 is 0.701 bits per heavy atom. The number of aliphatic carboxylic acids is 1. The van der Waals surface area contributed by atoms with Crippen molar-refractivity contribution in [2.45, 2.75) is 190 Å². The fourth-order valence-corrected chi connectivity index (χ4v) is 10.0. The van der Waals surface area contributed by atoms with Gasteiger partial charge in [0.15, 0.2) is 25.0 Å². The molecule has 0 spiro atoms. The molecule has 6 unspecified atom stereocenters. The first kappa shape index (κ1) is 62.2. The monoisotopic (exact) mass is 1100 g/mol. The summed E-state index contributed by atoms with van der Waals surface area (Å²) < 4.78 is 51.8. The first-order valence-corrected chi connectivity index (χ1v) is 26.5. The molecule has 0 aliphatic carbocycles. The molecule has 438 valence electrons. The lowest BCUT2D eigenvalue weighted by Crippen LogP contribution is -2.66. The number of likely N-dealkylation sites (tertiary alicyclic amines) is 1. The smallest absolute Gasteiger partial charge is 0.335 e. The maximum absolute atomic E-state index is 13.7. The number of aliphatic hydroxyl groups excluding tert-OH is 6. The average Bonchev–Trinajstić information content (AvgIpc) is 4.11. The molecule has 12 N–H and O–H groups in total. The van der Waals surface area contributed by atoms with Crippen LogP contribution in [-0.2, 0) is 79.7 Å². The zero-order valence-corrected chi connectivity index (χ0v) is 44.0. The molecule has 4 amide bonds. The summed E-state index contributed by atoms with van der Waals surface area (Å²) in [5, 5.41) is 82.9. The molecule has 5 saturated heterocycles. The molecule has 1 aromatic rings. The van der Waals surface area contributed by atoms with E-state index in [-0.39, 0.29) is 121 Å². The summed E-state index contributed by atoms with van der Waals surface area (Å²) in [5.41, 5.74) is 12.3. The van der Waals surface area contributed by atoms with Crippen LogP contribution in [0.15, 0.2) is 6.20 Å². The fourth-order valence-electron chi connectivity index (χ4n) is 10.0. The number of nitrogens with zero attached hydrogens (tertiary/aromatic N) is 5. The molecule has 0 radical (unpaired) electrons. The number of aromatic nitrogens is 3. The van der Waals surface area contributed by atoms with Gasteiger partial charge >= 0.3 is 5.97 Å². The van der Waals surface area contributed by atoms with E-state index in [9.17, 15) is 59.7 Å². The van der Waals surface area contributed by atoms with Crippen molar-refractivity contribution in [3.63, 3.8) is 0 Å². The van der Waals surface area contributed by atoms with Crippen molar-refractivity contribution in [3.8, 4) is 0 Å². The van der Waals surface area contributed by atoms with E-state index >= 15 is 0 Å². The lowest BCUT2D eigenvalue weighted by Gasteiger charge is -2.45. The normalized spacial score (nSPS) is 35.3. The van der Waals surface area contributed by atoms with E-state index in [1.54, 1.807) is 18.0 Å². The van der Waals surface area contributed by atoms with Gasteiger partial charge in [-0.2, -0.15) is 0 Å². The van der Waals surface area contributed by atoms with E-state index in [1.165, 1.54) is 16.5 Å². The minimum Gasteiger partial charge on any atom is -0.479 e. The molecule has 5 aliphatic rings. The van der Waals surface area contributed by atoms with Crippen LogP contribution >= 0.6 is 0 Å². The van der Waals surface area contributed by atoms with E-state index in [0.29, 0.717) is 37.8 Å². The maximum atomic E-state index is 13.7. The van der Waals surface area contributed by atoms with Crippen molar-refractivity contribution in [2.24, 2.45) is 23.3 Å². The van der Waals surface area contributed by atoms with Crippen molar-refractivity contribution in [1.82, 2.24) is 30.1 Å². The summed E-state index contributed by atoms with van der Waals surface area (Å²) in [6, 6.07) is -2.26. The third-order valence-corrected chi connectivity index (χ3v) is 14.5. The Kier molecular flexibility index (Phi) is 23.8. The van der Waals surface area contributed by atoms with Gasteiger partial charge < -0.3 is 100 Å². The highest BCUT2D eigenvalue weighted by molar-refractivity contribution is 6.06. The van der Waals surface area contributed by atoms with Crippen LogP contribution in [0.1, 0.15) is 78.3 Å². The molecule has 29 nitrogen and oxygen atoms in total. The first-order valence-electron chi connectivity index (χ1n) is 26.5. The van der Waals surface area contributed by atoms with Crippen LogP contribution in [-0.4, -0.2) is 254 Å². The standard InChI is InChI=1S/C48H80N8O21/c1-5-27-31-32(28(6-2)75-27)44(66)56(43(31)65)14-9-7-8-13-54(30(58)11-10-29(57)51-12-16-69-18-20-71-46-33(49)37(61)35(59)24(3)73-46)22-26-23-55(53-52-26)15-17-70-19-21-72-48-40(64)39(63)41(42(77-48)45(67)68)76-47-34(50)38(62)36(60)25(4)74-47/h23-25,27-28,31-42,46-48,59-64H,5-22,49-50H2,1-4H3,(H,51,57)(H,67,68)/t24?,25?,27-,28+,31+,32-,33?,34?,35-,36-,37-,38-,39-,40?,41+,42?,46+,47-,48-/m1/s1. The molecule has 5 fully saturated rings. The number of unbranched alkanes of at least 4 members (excludes halogenated alkanes) is 2. The molecule has 6 heterocycles. The topological polar surface area (TPSA) is 411 Å². The van der Waals surface area contributed by atoms with Crippen molar-refractivity contribution in [2.75, 3.05) is 59.3 Å². The van der Waals surface area contributed by atoms with Gasteiger partial charge in [-0.25, -0.2) is 9.48 Å². The number of fused-ring (bicyclic) bond motifs is 1. The van der Waals surface area contributed by atoms with Gasteiger partial charge in [-0.3, -0.25) is 24.1 Å². The molecule has 6 rings (SSSR count). The molecular formula is C48H80N8O21. The van der Waals surface area contributed by atoms with Gasteiger partial charge in [-0.05, 0) is 46.0 Å². The van der Waals surface area contributed by atoms with E-state index in [1.807, 2.05) is 13.8 Å². The number of hydrogen-bond donors (Lipinski definition) is 10. The summed E-state index contributed by atoms with van der Waals surface area (Å²) in [6.07, 6.45) is -14.2. The number of carbonyl (C=O) groups excluding carboxylic acids is 4. The number of imide groups is 1. The zero-order valence-electron chi connectivity index (χ0n) is 44.0. The number of ether oxygens (including phenoxy) is 9. The third kappa shape index (κ3) is 15.9. The number of nitrogens with one attached hydrogen (secondary N) is 1. The van der Waals surface area contributed by atoms with Gasteiger partial charge in [0.05, 0.1) is 107 Å². The first-order chi connectivity index (χ1) is 36.8. The van der Waals surface area contributed by atoms with Crippen molar-refractivity contribution < 1.29 is 102 Å². The Hall–Kier alpha value is -3.99. The number of carbonyl (C=O) groups is 5. The molecule has 0 aromatic carbocycles. The second-order valence-electron chi connectivity index (χ2n) is 20.0. The van der Waals surface area contributed by atoms with E-state index in [4.69, 9.17) is 54.1 Å². The summed E-state index contributed by atoms with van der Waals surface area (Å²) in [5.74, 6) is -3.57. The van der Waals surface area contributed by atoms with Crippen LogP contribution in [0, 0.1) is 11.8 Å². The van der Waals surface area contributed by atoms with Crippen LogP contribution < -0.4 is 16.8 Å². The molecule has 5 aliphatic heterocycles. The summed E-state index contributed by atoms with van der Waals surface area (Å²) in [7, 11) is 0. The van der Waals surface area contributed by atoms with Crippen molar-refractivity contribution in [3.05, 3.63) is 11.9 Å². The third-order valence-electron chi connectivity index (χ3n) is 14.5.